The first-order valence-corrected chi connectivity index (χ1v) is 8.58. The highest BCUT2D eigenvalue weighted by molar-refractivity contribution is 8.01. The molecule has 1 aromatic heterocycles. The number of rotatable bonds is 5. The van der Waals surface area contributed by atoms with E-state index >= 15 is 0 Å². The molecular formula is C14H19NO3S2. The fourth-order valence-corrected chi connectivity index (χ4v) is 4.10. The third-order valence-electron chi connectivity index (χ3n) is 3.50. The largest absolute Gasteiger partial charge is 0.467 e. The number of hydrogen-bond donors (Lipinski definition) is 1. The molecule has 20 heavy (non-hydrogen) atoms. The van der Waals surface area contributed by atoms with Gasteiger partial charge in [0.15, 0.2) is 0 Å². The van der Waals surface area contributed by atoms with Crippen LogP contribution in [0.1, 0.15) is 32.1 Å². The lowest BCUT2D eigenvalue weighted by molar-refractivity contribution is -0.152. The number of amides is 1. The van der Waals surface area contributed by atoms with E-state index < -0.39 is 5.54 Å². The summed E-state index contributed by atoms with van der Waals surface area (Å²) in [6.07, 6.45) is 4.36. The highest BCUT2D eigenvalue weighted by Gasteiger charge is 2.41. The summed E-state index contributed by atoms with van der Waals surface area (Å²) in [6, 6.07) is 3.95. The van der Waals surface area contributed by atoms with E-state index in [2.05, 4.69) is 5.32 Å². The lowest BCUT2D eigenvalue weighted by Gasteiger charge is -2.35. The molecular weight excluding hydrogens is 294 g/mol. The molecule has 4 nitrogen and oxygen atoms in total. The molecule has 1 N–H and O–H groups in total. The summed E-state index contributed by atoms with van der Waals surface area (Å²) in [5, 5.41) is 4.90. The number of methoxy groups -OCH3 is 1. The van der Waals surface area contributed by atoms with Gasteiger partial charge in [-0.1, -0.05) is 25.3 Å². The van der Waals surface area contributed by atoms with Crippen LogP contribution >= 0.6 is 23.1 Å². The molecule has 1 aliphatic carbocycles. The van der Waals surface area contributed by atoms with Crippen LogP contribution < -0.4 is 5.32 Å². The minimum absolute atomic E-state index is 0.101. The van der Waals surface area contributed by atoms with Gasteiger partial charge >= 0.3 is 5.97 Å². The molecule has 2 rings (SSSR count). The molecule has 1 fully saturated rings. The van der Waals surface area contributed by atoms with Gasteiger partial charge < -0.3 is 10.1 Å². The topological polar surface area (TPSA) is 55.4 Å². The molecule has 1 aliphatic rings. The van der Waals surface area contributed by atoms with Gasteiger partial charge in [-0.05, 0) is 24.3 Å². The molecule has 0 saturated heterocycles. The highest BCUT2D eigenvalue weighted by atomic mass is 32.2. The number of carbonyl (C=O) groups excluding carboxylic acids is 2. The van der Waals surface area contributed by atoms with Crippen LogP contribution in [0.25, 0.3) is 0 Å². The summed E-state index contributed by atoms with van der Waals surface area (Å²) in [5.41, 5.74) is -0.805. The Balaban J connectivity index is 1.93. The molecule has 1 aromatic rings. The number of hydrogen-bond acceptors (Lipinski definition) is 5. The van der Waals surface area contributed by atoms with Crippen molar-refractivity contribution in [3.63, 3.8) is 0 Å². The molecule has 6 heteroatoms. The monoisotopic (exact) mass is 313 g/mol. The molecule has 0 bridgehead atoms. The van der Waals surface area contributed by atoms with Crippen molar-refractivity contribution in [1.82, 2.24) is 5.32 Å². The molecule has 0 spiro atoms. The number of thiophene rings is 1. The average Bonchev–Trinajstić information content (AvgIpc) is 2.98. The van der Waals surface area contributed by atoms with Crippen molar-refractivity contribution in [2.45, 2.75) is 41.9 Å². The van der Waals surface area contributed by atoms with Gasteiger partial charge in [0.1, 0.15) is 5.54 Å². The quantitative estimate of drug-likeness (QED) is 0.671. The van der Waals surface area contributed by atoms with Gasteiger partial charge in [0.25, 0.3) is 0 Å². The number of nitrogens with one attached hydrogen (secondary N) is 1. The fraction of sp³-hybridized carbons (Fsp3) is 0.571. The van der Waals surface area contributed by atoms with E-state index in [0.29, 0.717) is 18.6 Å². The minimum Gasteiger partial charge on any atom is -0.467 e. The van der Waals surface area contributed by atoms with Crippen LogP contribution in [0.5, 0.6) is 0 Å². The van der Waals surface area contributed by atoms with E-state index in [1.165, 1.54) is 18.9 Å². The van der Waals surface area contributed by atoms with Gasteiger partial charge in [-0.2, -0.15) is 0 Å². The summed E-state index contributed by atoms with van der Waals surface area (Å²) in [6.45, 7) is 0. The molecule has 0 aliphatic heterocycles. The zero-order chi connectivity index (χ0) is 14.4. The van der Waals surface area contributed by atoms with Crippen LogP contribution in [0, 0.1) is 0 Å². The van der Waals surface area contributed by atoms with Crippen molar-refractivity contribution in [2.24, 2.45) is 0 Å². The molecule has 1 heterocycles. The summed E-state index contributed by atoms with van der Waals surface area (Å²) in [7, 11) is 1.38. The molecule has 110 valence electrons. The van der Waals surface area contributed by atoms with Crippen LogP contribution in [-0.2, 0) is 14.3 Å². The maximum Gasteiger partial charge on any atom is 0.331 e. The average molecular weight is 313 g/mol. The minimum atomic E-state index is -0.805. The molecule has 0 unspecified atom stereocenters. The van der Waals surface area contributed by atoms with Crippen LogP contribution in [0.4, 0.5) is 0 Å². The SMILES string of the molecule is COC(=O)C1(NC(=O)CSc2cccs2)CCCCC1. The lowest BCUT2D eigenvalue weighted by Crippen LogP contribution is -2.56. The Morgan fingerprint density at radius 2 is 2.15 bits per heavy atom. The molecule has 0 aromatic carbocycles. The van der Waals surface area contributed by atoms with Gasteiger partial charge in [-0.3, -0.25) is 4.79 Å². The molecule has 1 amide bonds. The van der Waals surface area contributed by atoms with Crippen LogP contribution in [-0.4, -0.2) is 30.3 Å². The molecule has 1 saturated carbocycles. The van der Waals surface area contributed by atoms with Gasteiger partial charge in [-0.15, -0.1) is 23.1 Å². The molecule has 0 atom stereocenters. The van der Waals surface area contributed by atoms with Crippen molar-refractivity contribution in [3.05, 3.63) is 17.5 Å². The van der Waals surface area contributed by atoms with E-state index in [4.69, 9.17) is 4.74 Å². The van der Waals surface area contributed by atoms with E-state index in [9.17, 15) is 9.59 Å². The predicted molar refractivity (Wildman–Crippen MR) is 81.0 cm³/mol. The Bertz CT molecular complexity index is 453. The maximum atomic E-state index is 12.1. The molecule has 0 radical (unpaired) electrons. The van der Waals surface area contributed by atoms with Gasteiger partial charge in [0, 0.05) is 0 Å². The van der Waals surface area contributed by atoms with Crippen molar-refractivity contribution in [2.75, 3.05) is 12.9 Å². The van der Waals surface area contributed by atoms with E-state index in [1.54, 1.807) is 11.3 Å². The second-order valence-electron chi connectivity index (χ2n) is 4.90. The van der Waals surface area contributed by atoms with E-state index in [1.807, 2.05) is 17.5 Å². The van der Waals surface area contributed by atoms with Crippen LogP contribution in [0.3, 0.4) is 0 Å². The predicted octanol–water partition coefficient (Wildman–Crippen LogP) is 2.83. The summed E-state index contributed by atoms with van der Waals surface area (Å²) in [5.74, 6) is -0.0819. The standard InChI is InChI=1S/C14H19NO3S2/c1-18-13(17)14(7-3-2-4-8-14)15-11(16)10-20-12-6-5-9-19-12/h5-6,9H,2-4,7-8,10H2,1H3,(H,15,16). The number of carbonyl (C=O) groups is 2. The van der Waals surface area contributed by atoms with Crippen LogP contribution in [0.2, 0.25) is 0 Å². The third-order valence-corrected chi connectivity index (χ3v) is 5.63. The Kier molecular flexibility index (Phi) is 5.48. The first-order valence-electron chi connectivity index (χ1n) is 6.72. The zero-order valence-corrected chi connectivity index (χ0v) is 13.1. The fourth-order valence-electron chi connectivity index (χ4n) is 2.52. The summed E-state index contributed by atoms with van der Waals surface area (Å²) >= 11 is 3.11. The van der Waals surface area contributed by atoms with Crippen molar-refractivity contribution >= 4 is 35.0 Å². The second-order valence-corrected chi connectivity index (χ2v) is 7.13. The van der Waals surface area contributed by atoms with Gasteiger partial charge in [0.05, 0.1) is 17.1 Å². The Morgan fingerprint density at radius 1 is 1.40 bits per heavy atom. The van der Waals surface area contributed by atoms with Gasteiger partial charge in [0.2, 0.25) is 5.91 Å². The maximum absolute atomic E-state index is 12.1. The lowest BCUT2D eigenvalue weighted by atomic mass is 9.81. The second kappa shape index (κ2) is 7.13. The van der Waals surface area contributed by atoms with Crippen molar-refractivity contribution < 1.29 is 14.3 Å². The number of thioether (sulfide) groups is 1. The van der Waals surface area contributed by atoms with E-state index in [0.717, 1.165) is 23.5 Å². The third kappa shape index (κ3) is 3.76. The Labute approximate surface area is 127 Å². The zero-order valence-electron chi connectivity index (χ0n) is 11.5. The Hall–Kier alpha value is -1.01. The Morgan fingerprint density at radius 3 is 2.75 bits per heavy atom. The van der Waals surface area contributed by atoms with Crippen molar-refractivity contribution in [1.29, 1.82) is 0 Å². The number of ether oxygens (including phenoxy) is 1. The van der Waals surface area contributed by atoms with E-state index in [-0.39, 0.29) is 11.9 Å². The van der Waals surface area contributed by atoms with Crippen molar-refractivity contribution in [3.8, 4) is 0 Å². The smallest absolute Gasteiger partial charge is 0.331 e. The first-order chi connectivity index (χ1) is 9.66. The van der Waals surface area contributed by atoms with Crippen LogP contribution in [0.15, 0.2) is 21.7 Å². The first kappa shape index (κ1) is 15.4. The number of esters is 1. The summed E-state index contributed by atoms with van der Waals surface area (Å²) < 4.78 is 5.99. The normalized spacial score (nSPS) is 17.4. The highest BCUT2D eigenvalue weighted by Crippen LogP contribution is 2.30. The van der Waals surface area contributed by atoms with Gasteiger partial charge in [-0.25, -0.2) is 4.79 Å². The summed E-state index contributed by atoms with van der Waals surface area (Å²) in [4.78, 5) is 24.1.